The molecule has 1 heterocycles. The summed E-state index contributed by atoms with van der Waals surface area (Å²) in [6, 6.07) is 13.7. The number of hydrogen-bond donors (Lipinski definition) is 1. The van der Waals surface area contributed by atoms with E-state index in [-0.39, 0.29) is 25.0 Å². The van der Waals surface area contributed by atoms with Crippen molar-refractivity contribution in [2.24, 2.45) is 0 Å². The van der Waals surface area contributed by atoms with E-state index in [1.165, 1.54) is 11.8 Å². The third kappa shape index (κ3) is 6.45. The highest BCUT2D eigenvalue weighted by molar-refractivity contribution is 7.92. The zero-order valence-electron chi connectivity index (χ0n) is 20.4. The second-order valence-electron chi connectivity index (χ2n) is 8.09. The number of amides is 2. The minimum absolute atomic E-state index is 0.0518. The van der Waals surface area contributed by atoms with Crippen molar-refractivity contribution >= 4 is 27.5 Å². The molecule has 1 aliphatic heterocycles. The topological polar surface area (TPSA) is 105 Å². The first-order chi connectivity index (χ1) is 16.8. The molecule has 190 valence electrons. The smallest absolute Gasteiger partial charge is 0.244 e. The Hall–Kier alpha value is -3.27. The summed E-state index contributed by atoms with van der Waals surface area (Å²) >= 11 is 0. The van der Waals surface area contributed by atoms with Gasteiger partial charge in [-0.2, -0.15) is 0 Å². The number of nitrogens with zero attached hydrogens (tertiary/aromatic N) is 2. The maximum atomic E-state index is 13.6. The van der Waals surface area contributed by atoms with Crippen LogP contribution in [0.4, 0.5) is 5.69 Å². The Morgan fingerprint density at radius 3 is 2.40 bits per heavy atom. The number of benzene rings is 2. The summed E-state index contributed by atoms with van der Waals surface area (Å²) in [5.41, 5.74) is 1.32. The second kappa shape index (κ2) is 11.9. The molecule has 0 saturated carbocycles. The molecule has 2 aromatic rings. The maximum Gasteiger partial charge on any atom is 0.244 e. The molecular formula is C25H33N3O6S. The van der Waals surface area contributed by atoms with Crippen LogP contribution in [-0.2, 0) is 26.0 Å². The number of rotatable bonds is 12. The number of anilines is 1. The van der Waals surface area contributed by atoms with Gasteiger partial charge < -0.3 is 19.7 Å². The Morgan fingerprint density at radius 1 is 1.03 bits per heavy atom. The Morgan fingerprint density at radius 2 is 1.74 bits per heavy atom. The molecule has 0 aliphatic carbocycles. The van der Waals surface area contributed by atoms with Gasteiger partial charge in [0.15, 0.2) is 11.5 Å². The molecule has 1 aliphatic rings. The fourth-order valence-electron chi connectivity index (χ4n) is 3.95. The standard InChI is InChI=1S/C25H33N3O6S/c1-4-21(25(30)26-5-2)27(15-14-19-10-8-7-9-11-19)24(29)17-28(35(31,32)6-3)20-12-13-22-23(16-20)34-18-33-22/h7-13,16,21H,4-6,14-15,17-18H2,1-3H3,(H,26,30)/t21-/m0/s1. The van der Waals surface area contributed by atoms with Crippen LogP contribution in [-0.4, -0.2) is 63.4 Å². The van der Waals surface area contributed by atoms with Gasteiger partial charge in [0.25, 0.3) is 0 Å². The maximum absolute atomic E-state index is 13.6. The molecule has 2 amide bonds. The van der Waals surface area contributed by atoms with Gasteiger partial charge in [-0.15, -0.1) is 0 Å². The van der Waals surface area contributed by atoms with Crippen LogP contribution in [0, 0.1) is 0 Å². The van der Waals surface area contributed by atoms with E-state index < -0.39 is 28.5 Å². The van der Waals surface area contributed by atoms with Crippen molar-refractivity contribution in [3.63, 3.8) is 0 Å². The molecule has 0 unspecified atom stereocenters. The summed E-state index contributed by atoms with van der Waals surface area (Å²) in [5.74, 6) is 0.0338. The van der Waals surface area contributed by atoms with E-state index in [1.54, 1.807) is 18.2 Å². The van der Waals surface area contributed by atoms with E-state index in [9.17, 15) is 18.0 Å². The number of sulfonamides is 1. The molecule has 3 rings (SSSR count). The van der Waals surface area contributed by atoms with Crippen LogP contribution in [0.2, 0.25) is 0 Å². The van der Waals surface area contributed by atoms with Gasteiger partial charge in [-0.25, -0.2) is 8.42 Å². The van der Waals surface area contributed by atoms with Crippen molar-refractivity contribution in [1.82, 2.24) is 10.2 Å². The number of fused-ring (bicyclic) bond motifs is 1. The van der Waals surface area contributed by atoms with Gasteiger partial charge >= 0.3 is 0 Å². The lowest BCUT2D eigenvalue weighted by Crippen LogP contribution is -2.53. The predicted molar refractivity (Wildman–Crippen MR) is 134 cm³/mol. The Labute approximate surface area is 207 Å². The summed E-state index contributed by atoms with van der Waals surface area (Å²) in [7, 11) is -3.80. The molecule has 0 fully saturated rings. The molecule has 35 heavy (non-hydrogen) atoms. The van der Waals surface area contributed by atoms with Crippen molar-refractivity contribution in [2.45, 2.75) is 39.7 Å². The van der Waals surface area contributed by atoms with Gasteiger partial charge in [-0.1, -0.05) is 37.3 Å². The fourth-order valence-corrected chi connectivity index (χ4v) is 5.00. The third-order valence-electron chi connectivity index (χ3n) is 5.84. The first-order valence-corrected chi connectivity index (χ1v) is 13.4. The van der Waals surface area contributed by atoms with Gasteiger partial charge in [-0.3, -0.25) is 13.9 Å². The lowest BCUT2D eigenvalue weighted by molar-refractivity contribution is -0.139. The molecule has 1 atom stereocenters. The molecule has 0 radical (unpaired) electrons. The molecule has 9 nitrogen and oxygen atoms in total. The average Bonchev–Trinajstić information content (AvgIpc) is 3.33. The summed E-state index contributed by atoms with van der Waals surface area (Å²) in [5, 5.41) is 2.79. The third-order valence-corrected chi connectivity index (χ3v) is 7.59. The van der Waals surface area contributed by atoms with Gasteiger partial charge in [0, 0.05) is 19.2 Å². The monoisotopic (exact) mass is 503 g/mol. The first kappa shape index (κ1) is 26.3. The minimum Gasteiger partial charge on any atom is -0.454 e. The largest absolute Gasteiger partial charge is 0.454 e. The second-order valence-corrected chi connectivity index (χ2v) is 10.3. The number of carbonyl (C=O) groups is 2. The summed E-state index contributed by atoms with van der Waals surface area (Å²) in [6.07, 6.45) is 0.934. The number of nitrogens with one attached hydrogen (secondary N) is 1. The Kier molecular flexibility index (Phi) is 8.97. The van der Waals surface area contributed by atoms with Gasteiger partial charge in [0.2, 0.25) is 28.6 Å². The van der Waals surface area contributed by atoms with E-state index in [0.717, 1.165) is 9.87 Å². The summed E-state index contributed by atoms with van der Waals surface area (Å²) in [6.45, 7) is 5.51. The van der Waals surface area contributed by atoms with E-state index in [0.29, 0.717) is 36.6 Å². The first-order valence-electron chi connectivity index (χ1n) is 11.8. The lowest BCUT2D eigenvalue weighted by Gasteiger charge is -2.33. The van der Waals surface area contributed by atoms with Crippen LogP contribution in [0.5, 0.6) is 11.5 Å². The zero-order chi connectivity index (χ0) is 25.4. The number of hydrogen-bond acceptors (Lipinski definition) is 6. The van der Waals surface area contributed by atoms with Gasteiger partial charge in [-0.05, 0) is 44.4 Å². The van der Waals surface area contributed by atoms with Crippen LogP contribution >= 0.6 is 0 Å². The quantitative estimate of drug-likeness (QED) is 0.477. The molecule has 0 aromatic heterocycles. The fraction of sp³-hybridized carbons (Fsp3) is 0.440. The van der Waals surface area contributed by atoms with Crippen LogP contribution < -0.4 is 19.1 Å². The molecule has 0 saturated heterocycles. The highest BCUT2D eigenvalue weighted by atomic mass is 32.2. The van der Waals surface area contributed by atoms with Gasteiger partial charge in [0.05, 0.1) is 11.4 Å². The summed E-state index contributed by atoms with van der Waals surface area (Å²) in [4.78, 5) is 27.9. The molecule has 0 bridgehead atoms. The van der Waals surface area contributed by atoms with Crippen LogP contribution in [0.3, 0.4) is 0 Å². The highest BCUT2D eigenvalue weighted by Gasteiger charge is 2.32. The van der Waals surface area contributed by atoms with Crippen LogP contribution in [0.25, 0.3) is 0 Å². The number of carbonyl (C=O) groups excluding carboxylic acids is 2. The minimum atomic E-state index is -3.80. The van der Waals surface area contributed by atoms with Crippen molar-refractivity contribution in [1.29, 1.82) is 0 Å². The van der Waals surface area contributed by atoms with E-state index in [4.69, 9.17) is 9.47 Å². The number of ether oxygens (including phenoxy) is 2. The SMILES string of the molecule is CCNC(=O)[C@H](CC)N(CCc1ccccc1)C(=O)CN(c1ccc2c(c1)OCO2)S(=O)(=O)CC. The molecular weight excluding hydrogens is 470 g/mol. The van der Waals surface area contributed by atoms with Crippen molar-refractivity contribution in [3.8, 4) is 11.5 Å². The van der Waals surface area contributed by atoms with Crippen molar-refractivity contribution in [2.75, 3.05) is 36.5 Å². The Bertz CT molecular complexity index is 1120. The van der Waals surface area contributed by atoms with E-state index in [2.05, 4.69) is 5.32 Å². The normalized spacial score (nSPS) is 13.2. The molecule has 10 heteroatoms. The number of likely N-dealkylation sites (N-methyl/N-ethyl adjacent to an activating group) is 1. The zero-order valence-corrected chi connectivity index (χ0v) is 21.2. The molecule has 1 N–H and O–H groups in total. The van der Waals surface area contributed by atoms with Gasteiger partial charge in [0.1, 0.15) is 12.6 Å². The van der Waals surface area contributed by atoms with Crippen LogP contribution in [0.15, 0.2) is 48.5 Å². The molecule has 0 spiro atoms. The lowest BCUT2D eigenvalue weighted by atomic mass is 10.1. The average molecular weight is 504 g/mol. The summed E-state index contributed by atoms with van der Waals surface area (Å²) < 4.78 is 37.8. The van der Waals surface area contributed by atoms with Crippen LogP contribution in [0.1, 0.15) is 32.8 Å². The van der Waals surface area contributed by atoms with Crippen molar-refractivity contribution in [3.05, 3.63) is 54.1 Å². The highest BCUT2D eigenvalue weighted by Crippen LogP contribution is 2.36. The van der Waals surface area contributed by atoms with E-state index in [1.807, 2.05) is 44.2 Å². The Balaban J connectivity index is 1.91. The van der Waals surface area contributed by atoms with E-state index >= 15 is 0 Å². The molecule has 2 aromatic carbocycles. The predicted octanol–water partition coefficient (Wildman–Crippen LogP) is 2.56. The van der Waals surface area contributed by atoms with Crippen molar-refractivity contribution < 1.29 is 27.5 Å².